The Morgan fingerprint density at radius 2 is 1.69 bits per heavy atom. The molecule has 0 aliphatic carbocycles. The molecule has 4 nitrogen and oxygen atoms in total. The molecule has 0 fully saturated rings. The lowest BCUT2D eigenvalue weighted by atomic mass is 9.91. The first kappa shape index (κ1) is 15.5. The van der Waals surface area contributed by atoms with Crippen molar-refractivity contribution in [1.29, 1.82) is 0 Å². The van der Waals surface area contributed by atoms with Gasteiger partial charge in [-0.25, -0.2) is 0 Å². The maximum atomic E-state index is 10.3. The second-order valence-corrected chi connectivity index (χ2v) is 4.99. The third-order valence-electron chi connectivity index (χ3n) is 3.09. The van der Waals surface area contributed by atoms with E-state index in [4.69, 9.17) is 11.5 Å². The van der Waals surface area contributed by atoms with Crippen molar-refractivity contribution in [3.8, 4) is 0 Å². The van der Waals surface area contributed by atoms with Crippen molar-refractivity contribution in [2.75, 3.05) is 13.1 Å². The fourth-order valence-electron chi connectivity index (χ4n) is 1.88. The van der Waals surface area contributed by atoms with Crippen molar-refractivity contribution in [3.63, 3.8) is 0 Å². The number of hydrogen-bond donors (Lipinski definition) is 2. The molecule has 4 N–H and O–H groups in total. The number of nitroso groups, excluding NO2 is 1. The molecule has 16 heavy (non-hydrogen) atoms. The molecule has 0 rings (SSSR count). The minimum Gasteiger partial charge on any atom is -0.330 e. The van der Waals surface area contributed by atoms with Gasteiger partial charge in [0.05, 0.1) is 6.54 Å². The SMILES string of the molecule is CC(N)CCC(CCC(C)CCN)CN=O. The molecule has 0 saturated heterocycles. The molecule has 0 heterocycles. The molecule has 4 heteroatoms. The summed E-state index contributed by atoms with van der Waals surface area (Å²) in [6.45, 7) is 5.39. The predicted molar refractivity (Wildman–Crippen MR) is 69.1 cm³/mol. The Bertz CT molecular complexity index is 174. The maximum absolute atomic E-state index is 10.3. The van der Waals surface area contributed by atoms with E-state index in [0.29, 0.717) is 18.4 Å². The average Bonchev–Trinajstić information content (AvgIpc) is 2.22. The van der Waals surface area contributed by atoms with Crippen molar-refractivity contribution in [3.05, 3.63) is 4.91 Å². The fraction of sp³-hybridized carbons (Fsp3) is 1.00. The Morgan fingerprint density at radius 3 is 2.19 bits per heavy atom. The molecule has 96 valence electrons. The summed E-state index contributed by atoms with van der Waals surface area (Å²) < 4.78 is 0. The van der Waals surface area contributed by atoms with Gasteiger partial charge in [-0.1, -0.05) is 18.5 Å². The van der Waals surface area contributed by atoms with Gasteiger partial charge < -0.3 is 11.5 Å². The van der Waals surface area contributed by atoms with E-state index in [0.717, 1.165) is 38.6 Å². The van der Waals surface area contributed by atoms with Gasteiger partial charge in [0, 0.05) is 6.04 Å². The zero-order valence-corrected chi connectivity index (χ0v) is 10.7. The second kappa shape index (κ2) is 9.73. The van der Waals surface area contributed by atoms with E-state index < -0.39 is 0 Å². The largest absolute Gasteiger partial charge is 0.330 e. The standard InChI is InChI=1S/C12H27N3O/c1-10(7-8-13)3-5-12(9-15-16)6-4-11(2)14/h10-12H,3-9,13-14H2,1-2H3. The molecule has 0 aromatic carbocycles. The van der Waals surface area contributed by atoms with Gasteiger partial charge in [-0.3, -0.25) is 0 Å². The lowest BCUT2D eigenvalue weighted by molar-refractivity contribution is 0.371. The lowest BCUT2D eigenvalue weighted by Gasteiger charge is -2.17. The molecule has 0 amide bonds. The van der Waals surface area contributed by atoms with E-state index in [9.17, 15) is 4.91 Å². The minimum absolute atomic E-state index is 0.218. The van der Waals surface area contributed by atoms with E-state index in [1.807, 2.05) is 6.92 Å². The van der Waals surface area contributed by atoms with Crippen LogP contribution in [0.4, 0.5) is 0 Å². The first-order valence-electron chi connectivity index (χ1n) is 6.34. The fourth-order valence-corrected chi connectivity index (χ4v) is 1.88. The molecule has 0 aliphatic heterocycles. The van der Waals surface area contributed by atoms with Crippen molar-refractivity contribution in [2.45, 2.75) is 52.0 Å². The van der Waals surface area contributed by atoms with Crippen LogP contribution in [0.15, 0.2) is 5.18 Å². The Labute approximate surface area is 99.1 Å². The van der Waals surface area contributed by atoms with Crippen LogP contribution in [0.1, 0.15) is 46.0 Å². The monoisotopic (exact) mass is 229 g/mol. The highest BCUT2D eigenvalue weighted by atomic mass is 16.3. The molecule has 0 aliphatic rings. The molecule has 0 spiro atoms. The third-order valence-corrected chi connectivity index (χ3v) is 3.09. The predicted octanol–water partition coefficient (Wildman–Crippen LogP) is 2.26. The van der Waals surface area contributed by atoms with Crippen LogP contribution in [0.5, 0.6) is 0 Å². The van der Waals surface area contributed by atoms with Crippen LogP contribution in [0.2, 0.25) is 0 Å². The van der Waals surface area contributed by atoms with Crippen molar-refractivity contribution < 1.29 is 0 Å². The van der Waals surface area contributed by atoms with Crippen LogP contribution in [-0.4, -0.2) is 19.1 Å². The van der Waals surface area contributed by atoms with Gasteiger partial charge in [0.15, 0.2) is 0 Å². The summed E-state index contributed by atoms with van der Waals surface area (Å²) in [6, 6.07) is 0.218. The van der Waals surface area contributed by atoms with Crippen LogP contribution in [0.3, 0.4) is 0 Å². The molecular formula is C12H27N3O. The van der Waals surface area contributed by atoms with Gasteiger partial charge in [0.1, 0.15) is 0 Å². The Morgan fingerprint density at radius 1 is 1.06 bits per heavy atom. The second-order valence-electron chi connectivity index (χ2n) is 4.99. The molecule has 0 radical (unpaired) electrons. The summed E-state index contributed by atoms with van der Waals surface area (Å²) in [7, 11) is 0. The first-order chi connectivity index (χ1) is 7.60. The molecule has 0 aromatic rings. The lowest BCUT2D eigenvalue weighted by Crippen LogP contribution is -2.18. The van der Waals surface area contributed by atoms with Crippen LogP contribution in [0, 0.1) is 16.7 Å². The highest BCUT2D eigenvalue weighted by molar-refractivity contribution is 4.67. The van der Waals surface area contributed by atoms with E-state index >= 15 is 0 Å². The number of nitrogens with zero attached hydrogens (tertiary/aromatic N) is 1. The Kier molecular flexibility index (Phi) is 9.43. The van der Waals surface area contributed by atoms with Crippen LogP contribution >= 0.6 is 0 Å². The number of hydrogen-bond acceptors (Lipinski definition) is 4. The number of nitrogens with two attached hydrogens (primary N) is 2. The molecule has 0 saturated carbocycles. The van der Waals surface area contributed by atoms with Crippen LogP contribution in [0.25, 0.3) is 0 Å². The highest BCUT2D eigenvalue weighted by Gasteiger charge is 2.12. The summed E-state index contributed by atoms with van der Waals surface area (Å²) >= 11 is 0. The van der Waals surface area contributed by atoms with Crippen LogP contribution < -0.4 is 11.5 Å². The van der Waals surface area contributed by atoms with E-state index in [2.05, 4.69) is 12.1 Å². The van der Waals surface area contributed by atoms with Crippen molar-refractivity contribution in [2.24, 2.45) is 28.5 Å². The van der Waals surface area contributed by atoms with Gasteiger partial charge in [0.2, 0.25) is 0 Å². The quantitative estimate of drug-likeness (QED) is 0.564. The highest BCUT2D eigenvalue weighted by Crippen LogP contribution is 2.19. The summed E-state index contributed by atoms with van der Waals surface area (Å²) in [6.07, 6.45) is 5.26. The maximum Gasteiger partial charge on any atom is 0.0839 e. The first-order valence-corrected chi connectivity index (χ1v) is 6.34. The summed E-state index contributed by atoms with van der Waals surface area (Å²) in [5, 5.41) is 3.02. The minimum atomic E-state index is 0.218. The summed E-state index contributed by atoms with van der Waals surface area (Å²) in [5.74, 6) is 1.05. The normalized spacial score (nSPS) is 16.8. The van der Waals surface area contributed by atoms with Crippen LogP contribution in [-0.2, 0) is 0 Å². The van der Waals surface area contributed by atoms with Gasteiger partial charge in [-0.05, 0) is 51.0 Å². The average molecular weight is 229 g/mol. The molecule has 0 bridgehead atoms. The number of rotatable bonds is 10. The Hall–Kier alpha value is -0.480. The van der Waals surface area contributed by atoms with Gasteiger partial charge in [0.25, 0.3) is 0 Å². The smallest absolute Gasteiger partial charge is 0.0839 e. The van der Waals surface area contributed by atoms with Gasteiger partial charge in [-0.15, -0.1) is 0 Å². The van der Waals surface area contributed by atoms with E-state index in [1.165, 1.54) is 0 Å². The zero-order valence-electron chi connectivity index (χ0n) is 10.7. The molecular weight excluding hydrogens is 202 g/mol. The van der Waals surface area contributed by atoms with E-state index in [1.54, 1.807) is 0 Å². The third kappa shape index (κ3) is 8.80. The van der Waals surface area contributed by atoms with Crippen molar-refractivity contribution >= 4 is 0 Å². The van der Waals surface area contributed by atoms with Gasteiger partial charge >= 0.3 is 0 Å². The van der Waals surface area contributed by atoms with E-state index in [-0.39, 0.29) is 6.04 Å². The summed E-state index contributed by atoms with van der Waals surface area (Å²) in [4.78, 5) is 10.3. The molecule has 0 aromatic heterocycles. The summed E-state index contributed by atoms with van der Waals surface area (Å²) in [5.41, 5.74) is 11.2. The topological polar surface area (TPSA) is 81.5 Å². The molecule has 3 unspecified atom stereocenters. The molecule has 3 atom stereocenters. The van der Waals surface area contributed by atoms with Crippen molar-refractivity contribution in [1.82, 2.24) is 0 Å². The zero-order chi connectivity index (χ0) is 12.4. The Balaban J connectivity index is 3.78. The van der Waals surface area contributed by atoms with Gasteiger partial charge in [-0.2, -0.15) is 4.91 Å².